The molecule has 1 unspecified atom stereocenters. The summed E-state index contributed by atoms with van der Waals surface area (Å²) in [5.41, 5.74) is 4.15. The van der Waals surface area contributed by atoms with Gasteiger partial charge in [-0.3, -0.25) is 5.84 Å². The first-order valence-electron chi connectivity index (χ1n) is 6.00. The van der Waals surface area contributed by atoms with Crippen LogP contribution in [0.3, 0.4) is 0 Å². The van der Waals surface area contributed by atoms with Crippen molar-refractivity contribution in [3.63, 3.8) is 0 Å². The number of rotatable bonds is 4. The van der Waals surface area contributed by atoms with Crippen LogP contribution in [0.15, 0.2) is 24.4 Å². The molecule has 0 bridgehead atoms. The number of alkyl halides is 3. The number of halogens is 3. The largest absolute Gasteiger partial charge is 0.496 e. The van der Waals surface area contributed by atoms with Crippen LogP contribution in [0.2, 0.25) is 0 Å². The summed E-state index contributed by atoms with van der Waals surface area (Å²) < 4.78 is 43.2. The highest BCUT2D eigenvalue weighted by Crippen LogP contribution is 2.37. The van der Waals surface area contributed by atoms with Crippen molar-refractivity contribution in [2.24, 2.45) is 5.84 Å². The average molecular weight is 317 g/mol. The fraction of sp³-hybridized carbons (Fsp3) is 0.308. The molecule has 8 heteroatoms. The van der Waals surface area contributed by atoms with Crippen LogP contribution in [0.25, 0.3) is 0 Å². The van der Waals surface area contributed by atoms with Crippen molar-refractivity contribution >= 4 is 11.3 Å². The summed E-state index contributed by atoms with van der Waals surface area (Å²) in [5, 5.41) is -0.899. The van der Waals surface area contributed by atoms with E-state index in [1.165, 1.54) is 13.3 Å². The molecule has 2 rings (SSSR count). The Kier molecular flexibility index (Phi) is 4.50. The molecule has 4 nitrogen and oxygen atoms in total. The van der Waals surface area contributed by atoms with E-state index in [4.69, 9.17) is 10.6 Å². The van der Waals surface area contributed by atoms with E-state index in [1.807, 2.05) is 13.0 Å². The Morgan fingerprint density at radius 1 is 1.38 bits per heavy atom. The van der Waals surface area contributed by atoms with Crippen molar-refractivity contribution in [1.29, 1.82) is 0 Å². The van der Waals surface area contributed by atoms with Crippen LogP contribution >= 0.6 is 11.3 Å². The number of hydrazine groups is 1. The van der Waals surface area contributed by atoms with E-state index in [1.54, 1.807) is 12.1 Å². The quantitative estimate of drug-likeness (QED) is 0.672. The van der Waals surface area contributed by atoms with Crippen molar-refractivity contribution in [2.45, 2.75) is 19.1 Å². The van der Waals surface area contributed by atoms with Crippen molar-refractivity contribution < 1.29 is 17.9 Å². The summed E-state index contributed by atoms with van der Waals surface area (Å²) >= 11 is 0.557. The summed E-state index contributed by atoms with van der Waals surface area (Å²) in [5.74, 6) is 6.06. The van der Waals surface area contributed by atoms with Crippen molar-refractivity contribution in [3.8, 4) is 5.75 Å². The molecule has 0 fully saturated rings. The molecule has 0 saturated carbocycles. The van der Waals surface area contributed by atoms with Crippen LogP contribution < -0.4 is 16.0 Å². The number of aryl methyl sites for hydroxylation is 1. The maximum absolute atomic E-state index is 12.6. The second kappa shape index (κ2) is 6.00. The second-order valence-corrected chi connectivity index (χ2v) is 5.47. The van der Waals surface area contributed by atoms with Crippen molar-refractivity contribution in [3.05, 3.63) is 45.4 Å². The third kappa shape index (κ3) is 3.34. The molecule has 0 radical (unpaired) electrons. The van der Waals surface area contributed by atoms with Gasteiger partial charge in [0.15, 0.2) is 5.01 Å². The molecule has 0 aliphatic heterocycles. The van der Waals surface area contributed by atoms with Crippen LogP contribution in [-0.2, 0) is 6.18 Å². The molecule has 0 aliphatic rings. The number of benzene rings is 1. The molecular formula is C13H14F3N3OS. The molecule has 114 valence electrons. The fourth-order valence-electron chi connectivity index (χ4n) is 1.93. The smallest absolute Gasteiger partial charge is 0.443 e. The van der Waals surface area contributed by atoms with E-state index in [0.717, 1.165) is 5.56 Å². The van der Waals surface area contributed by atoms with Gasteiger partial charge in [-0.05, 0) is 18.6 Å². The minimum Gasteiger partial charge on any atom is -0.496 e. The molecule has 2 aromatic rings. The predicted octanol–water partition coefficient (Wildman–Crippen LogP) is 3.03. The van der Waals surface area contributed by atoms with Gasteiger partial charge in [-0.1, -0.05) is 12.1 Å². The molecule has 1 heterocycles. The summed E-state index contributed by atoms with van der Waals surface area (Å²) in [6.07, 6.45) is -3.28. The van der Waals surface area contributed by atoms with Gasteiger partial charge in [-0.25, -0.2) is 10.4 Å². The second-order valence-electron chi connectivity index (χ2n) is 4.41. The van der Waals surface area contributed by atoms with Gasteiger partial charge in [-0.15, -0.1) is 11.3 Å². The first-order chi connectivity index (χ1) is 9.86. The zero-order chi connectivity index (χ0) is 15.6. The Hall–Kier alpha value is -1.64. The highest BCUT2D eigenvalue weighted by molar-refractivity contribution is 7.11. The molecule has 21 heavy (non-hydrogen) atoms. The molecule has 3 N–H and O–H groups in total. The van der Waals surface area contributed by atoms with Crippen LogP contribution in [0.4, 0.5) is 13.2 Å². The zero-order valence-electron chi connectivity index (χ0n) is 11.4. The molecule has 0 amide bonds. The van der Waals surface area contributed by atoms with Gasteiger partial charge in [0.2, 0.25) is 0 Å². The van der Waals surface area contributed by atoms with Crippen LogP contribution in [0.1, 0.15) is 27.1 Å². The van der Waals surface area contributed by atoms with Gasteiger partial charge >= 0.3 is 6.18 Å². The van der Waals surface area contributed by atoms with E-state index in [-0.39, 0.29) is 0 Å². The standard InChI is InChI=1S/C13H14F3N3OS/c1-7-3-4-8(9(5-7)20-2)11(19-17)10-6-18-12(21-10)13(14,15)16/h3-6,11,19H,17H2,1-2H3. The molecule has 1 aromatic heterocycles. The molecule has 0 saturated heterocycles. The average Bonchev–Trinajstić information content (AvgIpc) is 2.90. The van der Waals surface area contributed by atoms with Crippen molar-refractivity contribution in [2.75, 3.05) is 7.11 Å². The van der Waals surface area contributed by atoms with Gasteiger partial charge < -0.3 is 4.74 Å². The monoisotopic (exact) mass is 317 g/mol. The lowest BCUT2D eigenvalue weighted by atomic mass is 10.0. The summed E-state index contributed by atoms with van der Waals surface area (Å²) in [7, 11) is 1.50. The number of nitrogens with zero attached hydrogens (tertiary/aromatic N) is 1. The van der Waals surface area contributed by atoms with Gasteiger partial charge in [0, 0.05) is 16.6 Å². The normalized spacial score (nSPS) is 13.2. The minimum absolute atomic E-state index is 0.368. The van der Waals surface area contributed by atoms with Crippen LogP contribution in [0, 0.1) is 6.92 Å². The fourth-order valence-corrected chi connectivity index (χ4v) is 2.80. The Balaban J connectivity index is 2.42. The van der Waals surface area contributed by atoms with Crippen molar-refractivity contribution in [1.82, 2.24) is 10.4 Å². The third-order valence-electron chi connectivity index (χ3n) is 2.92. The van der Waals surface area contributed by atoms with Gasteiger partial charge in [-0.2, -0.15) is 13.2 Å². The number of aromatic nitrogens is 1. The lowest BCUT2D eigenvalue weighted by Crippen LogP contribution is -2.28. The molecule has 0 aliphatic carbocycles. The highest BCUT2D eigenvalue weighted by Gasteiger charge is 2.35. The van der Waals surface area contributed by atoms with E-state index >= 15 is 0 Å². The van der Waals surface area contributed by atoms with E-state index in [0.29, 0.717) is 27.5 Å². The highest BCUT2D eigenvalue weighted by atomic mass is 32.1. The summed E-state index contributed by atoms with van der Waals surface area (Å²) in [6.45, 7) is 1.89. The number of ether oxygens (including phenoxy) is 1. The van der Waals surface area contributed by atoms with Gasteiger partial charge in [0.25, 0.3) is 0 Å². The number of methoxy groups -OCH3 is 1. The maximum atomic E-state index is 12.6. The SMILES string of the molecule is COc1cc(C)ccc1C(NN)c1cnc(C(F)(F)F)s1. The Morgan fingerprint density at radius 2 is 2.10 bits per heavy atom. The third-order valence-corrected chi connectivity index (χ3v) is 4.02. The number of hydrogen-bond donors (Lipinski definition) is 2. The number of nitrogens with one attached hydrogen (secondary N) is 1. The first-order valence-corrected chi connectivity index (χ1v) is 6.82. The lowest BCUT2D eigenvalue weighted by Gasteiger charge is -2.18. The maximum Gasteiger partial charge on any atom is 0.443 e. The molecule has 1 aromatic carbocycles. The lowest BCUT2D eigenvalue weighted by molar-refractivity contribution is -0.137. The summed E-state index contributed by atoms with van der Waals surface area (Å²) in [6, 6.07) is 4.79. The number of thiazole rings is 1. The Bertz CT molecular complexity index is 627. The summed E-state index contributed by atoms with van der Waals surface area (Å²) in [4.78, 5) is 3.78. The predicted molar refractivity (Wildman–Crippen MR) is 74.0 cm³/mol. The topological polar surface area (TPSA) is 60.2 Å². The zero-order valence-corrected chi connectivity index (χ0v) is 12.2. The van der Waals surface area contributed by atoms with E-state index < -0.39 is 17.2 Å². The molecule has 1 atom stereocenters. The first kappa shape index (κ1) is 15.7. The van der Waals surface area contributed by atoms with Gasteiger partial charge in [0.1, 0.15) is 5.75 Å². The molecular weight excluding hydrogens is 303 g/mol. The number of nitrogens with two attached hydrogens (primary N) is 1. The molecule has 0 spiro atoms. The van der Waals surface area contributed by atoms with E-state index in [2.05, 4.69) is 10.4 Å². The van der Waals surface area contributed by atoms with Crippen LogP contribution in [0.5, 0.6) is 5.75 Å². The Labute approximate surface area is 123 Å². The Morgan fingerprint density at radius 3 is 2.62 bits per heavy atom. The number of hydrogen-bond acceptors (Lipinski definition) is 5. The van der Waals surface area contributed by atoms with Crippen LogP contribution in [-0.4, -0.2) is 12.1 Å². The minimum atomic E-state index is -4.46. The van der Waals surface area contributed by atoms with Gasteiger partial charge in [0.05, 0.1) is 13.2 Å². The van der Waals surface area contributed by atoms with E-state index in [9.17, 15) is 13.2 Å².